The number of halogens is 1. The van der Waals surface area contributed by atoms with E-state index >= 15 is 0 Å². The number of nitrogens with two attached hydrogens (primary N) is 1. The third-order valence-corrected chi connectivity index (χ3v) is 10.2. The average Bonchev–Trinajstić information content (AvgIpc) is 3.70. The largest absolute Gasteiger partial charge is 0.510 e. The van der Waals surface area contributed by atoms with Gasteiger partial charge in [0, 0.05) is 28.6 Å². The van der Waals surface area contributed by atoms with Gasteiger partial charge >= 0.3 is 0 Å². The van der Waals surface area contributed by atoms with Crippen molar-refractivity contribution in [3.63, 3.8) is 0 Å². The highest BCUT2D eigenvalue weighted by Gasteiger charge is 2.63. The first kappa shape index (κ1) is 28.6. The number of amides is 1. The number of hydrogen-bond acceptors (Lipinski definition) is 9. The molecule has 0 radical (unpaired) electrons. The summed E-state index contributed by atoms with van der Waals surface area (Å²) in [5.74, 6) is -6.24. The van der Waals surface area contributed by atoms with Crippen molar-refractivity contribution in [3.8, 4) is 5.75 Å². The zero-order valence-electron chi connectivity index (χ0n) is 23.3. The van der Waals surface area contributed by atoms with Gasteiger partial charge in [0.15, 0.2) is 11.4 Å². The van der Waals surface area contributed by atoms with E-state index in [1.54, 1.807) is 14.1 Å². The highest BCUT2D eigenvalue weighted by molar-refractivity contribution is 6.33. The van der Waals surface area contributed by atoms with Crippen molar-refractivity contribution in [1.29, 1.82) is 0 Å². The number of likely N-dealkylation sites (N-methyl/N-ethyl adjacent to an activating group) is 1. The SMILES string of the molecule is CN(C)[C@@H]1C(O)=C(C(N)=O)C(=O)[C@@]2(O)C(O)=C3C(=O)c4c(O)cc(CN(C)C(C)(C)C5CC5)c(Cl)c4C[C@H]3C[C@@H]12. The van der Waals surface area contributed by atoms with Gasteiger partial charge in [-0.15, -0.1) is 0 Å². The molecule has 1 fully saturated rings. The van der Waals surface area contributed by atoms with Crippen LogP contribution in [-0.2, 0) is 22.6 Å². The number of benzene rings is 1. The molecular formula is C29H36ClN3O7. The molecule has 6 N–H and O–H groups in total. The Bertz CT molecular complexity index is 1410. The molecule has 0 aromatic heterocycles. The monoisotopic (exact) mass is 573 g/mol. The van der Waals surface area contributed by atoms with Crippen molar-refractivity contribution in [3.05, 3.63) is 50.4 Å². The Kier molecular flexibility index (Phi) is 6.65. The summed E-state index contributed by atoms with van der Waals surface area (Å²) in [5.41, 5.74) is 2.61. The number of allylic oxidation sites excluding steroid dienone is 1. The molecule has 0 aliphatic heterocycles. The van der Waals surface area contributed by atoms with E-state index in [2.05, 4.69) is 18.7 Å². The molecule has 216 valence electrons. The summed E-state index contributed by atoms with van der Waals surface area (Å²) >= 11 is 6.89. The van der Waals surface area contributed by atoms with E-state index in [-0.39, 0.29) is 35.3 Å². The number of nitrogens with zero attached hydrogens (tertiary/aromatic N) is 2. The Hall–Kier alpha value is -2.92. The summed E-state index contributed by atoms with van der Waals surface area (Å²) in [7, 11) is 5.18. The lowest BCUT2D eigenvalue weighted by atomic mass is 9.58. The highest BCUT2D eigenvalue weighted by atomic mass is 35.5. The number of phenols is 1. The fourth-order valence-corrected chi connectivity index (χ4v) is 7.32. The first-order valence-electron chi connectivity index (χ1n) is 13.4. The van der Waals surface area contributed by atoms with Crippen LogP contribution in [0.4, 0.5) is 0 Å². The zero-order valence-corrected chi connectivity index (χ0v) is 24.0. The molecule has 0 bridgehead atoms. The molecule has 0 spiro atoms. The van der Waals surface area contributed by atoms with Crippen LogP contribution in [0.1, 0.15) is 54.6 Å². The number of aliphatic hydroxyl groups is 3. The lowest BCUT2D eigenvalue weighted by Gasteiger charge is -2.50. The van der Waals surface area contributed by atoms with Gasteiger partial charge in [-0.2, -0.15) is 0 Å². The molecule has 1 aromatic carbocycles. The zero-order chi connectivity index (χ0) is 29.6. The van der Waals surface area contributed by atoms with E-state index in [1.165, 1.54) is 11.0 Å². The van der Waals surface area contributed by atoms with Crippen molar-refractivity contribution in [2.45, 2.75) is 63.3 Å². The summed E-state index contributed by atoms with van der Waals surface area (Å²) < 4.78 is 0. The smallest absolute Gasteiger partial charge is 0.255 e. The van der Waals surface area contributed by atoms with E-state index in [0.717, 1.165) is 12.8 Å². The standard InChI is InChI=1S/C29H36ClN3O7/c1-28(2,14-6-7-14)33(5)11-13-10-17(34)19-15(21(13)30)8-12-9-16-22(32(3)4)24(36)20(27(31)39)26(38)29(16,40)25(37)18(12)23(19)35/h10,12,14,16,22,34,36-37,40H,6-9,11H2,1-5H3,(H2,31,39)/t12-,16-,22-,29-/m0/s1. The van der Waals surface area contributed by atoms with Crippen LogP contribution >= 0.6 is 11.6 Å². The molecule has 4 atom stereocenters. The number of phenolic OH excluding ortho intramolecular Hbond substituents is 1. The Morgan fingerprint density at radius 2 is 1.80 bits per heavy atom. The Balaban J connectivity index is 1.61. The van der Waals surface area contributed by atoms with Gasteiger partial charge in [-0.25, -0.2) is 0 Å². The van der Waals surface area contributed by atoms with Crippen LogP contribution in [0.2, 0.25) is 5.02 Å². The van der Waals surface area contributed by atoms with Gasteiger partial charge in [-0.3, -0.25) is 24.2 Å². The molecule has 1 saturated carbocycles. The van der Waals surface area contributed by atoms with Crippen LogP contribution in [0.3, 0.4) is 0 Å². The van der Waals surface area contributed by atoms with E-state index in [0.29, 0.717) is 28.6 Å². The molecule has 4 aliphatic rings. The third-order valence-electron chi connectivity index (χ3n) is 9.70. The number of carbonyl (C=O) groups excluding carboxylic acids is 3. The summed E-state index contributed by atoms with van der Waals surface area (Å²) in [4.78, 5) is 43.0. The van der Waals surface area contributed by atoms with E-state index in [4.69, 9.17) is 17.3 Å². The van der Waals surface area contributed by atoms with Crippen LogP contribution in [0.5, 0.6) is 5.75 Å². The topological polar surface area (TPSA) is 165 Å². The van der Waals surface area contributed by atoms with Crippen molar-refractivity contribution < 1.29 is 34.8 Å². The first-order chi connectivity index (χ1) is 18.5. The van der Waals surface area contributed by atoms with Gasteiger partial charge in [0.25, 0.3) is 5.91 Å². The van der Waals surface area contributed by atoms with Gasteiger partial charge in [0.2, 0.25) is 5.78 Å². The minimum atomic E-state index is -2.67. The number of primary amides is 1. The van der Waals surface area contributed by atoms with Crippen molar-refractivity contribution >= 4 is 29.1 Å². The molecule has 1 amide bonds. The molecule has 1 aromatic rings. The van der Waals surface area contributed by atoms with Gasteiger partial charge in [0.1, 0.15) is 22.8 Å². The third kappa shape index (κ3) is 3.91. The molecule has 0 unspecified atom stereocenters. The molecule has 40 heavy (non-hydrogen) atoms. The number of ketones is 2. The molecule has 10 nitrogen and oxygen atoms in total. The molecule has 4 aliphatic carbocycles. The summed E-state index contributed by atoms with van der Waals surface area (Å²) in [6.07, 6.45) is 2.49. The van der Waals surface area contributed by atoms with E-state index < -0.39 is 58.0 Å². The average molecular weight is 574 g/mol. The fourth-order valence-electron chi connectivity index (χ4n) is 7.03. The molecule has 5 rings (SSSR count). The second kappa shape index (κ2) is 9.30. The van der Waals surface area contributed by atoms with Crippen LogP contribution in [0, 0.1) is 17.8 Å². The maximum atomic E-state index is 13.8. The fraction of sp³-hybridized carbons (Fsp3) is 0.552. The minimum Gasteiger partial charge on any atom is -0.510 e. The van der Waals surface area contributed by atoms with Crippen LogP contribution in [0.15, 0.2) is 28.7 Å². The number of fused-ring (bicyclic) bond motifs is 3. The van der Waals surface area contributed by atoms with Crippen molar-refractivity contribution in [2.75, 3.05) is 21.1 Å². The highest BCUT2D eigenvalue weighted by Crippen LogP contribution is 2.53. The number of carbonyl (C=O) groups is 3. The summed E-state index contributed by atoms with van der Waals surface area (Å²) in [6.45, 7) is 4.79. The second-order valence-electron chi connectivity index (χ2n) is 12.5. The van der Waals surface area contributed by atoms with Gasteiger partial charge in [-0.05, 0) is 89.7 Å². The van der Waals surface area contributed by atoms with Gasteiger partial charge in [-0.1, -0.05) is 11.6 Å². The molecular weight excluding hydrogens is 538 g/mol. The lowest BCUT2D eigenvalue weighted by Crippen LogP contribution is -2.63. The maximum absolute atomic E-state index is 13.8. The van der Waals surface area contributed by atoms with Gasteiger partial charge in [0.05, 0.1) is 11.6 Å². The maximum Gasteiger partial charge on any atom is 0.255 e. The Morgan fingerprint density at radius 1 is 1.18 bits per heavy atom. The first-order valence-corrected chi connectivity index (χ1v) is 13.8. The van der Waals surface area contributed by atoms with Crippen molar-refractivity contribution in [1.82, 2.24) is 9.80 Å². The molecule has 11 heteroatoms. The molecule has 0 saturated heterocycles. The number of aromatic hydroxyl groups is 1. The van der Waals surface area contributed by atoms with Crippen LogP contribution in [0.25, 0.3) is 0 Å². The molecule has 0 heterocycles. The minimum absolute atomic E-state index is 0.0156. The lowest BCUT2D eigenvalue weighted by molar-refractivity contribution is -0.148. The normalized spacial score (nSPS) is 28.7. The number of rotatable bonds is 6. The number of Topliss-reactive ketones (excluding diaryl/α,β-unsaturated/α-hetero) is 2. The second-order valence-corrected chi connectivity index (χ2v) is 12.8. The number of aliphatic hydroxyl groups excluding tert-OH is 2. The number of hydrogen-bond donors (Lipinski definition) is 5. The van der Waals surface area contributed by atoms with E-state index in [1.807, 2.05) is 7.05 Å². The quantitative estimate of drug-likeness (QED) is 0.321. The van der Waals surface area contributed by atoms with Crippen LogP contribution < -0.4 is 5.73 Å². The Labute approximate surface area is 237 Å². The summed E-state index contributed by atoms with van der Waals surface area (Å²) in [6, 6.07) is 0.412. The summed E-state index contributed by atoms with van der Waals surface area (Å²) in [5, 5.41) is 45.3. The predicted octanol–water partition coefficient (Wildman–Crippen LogP) is 2.39. The van der Waals surface area contributed by atoms with Gasteiger partial charge < -0.3 is 26.2 Å². The predicted molar refractivity (Wildman–Crippen MR) is 147 cm³/mol. The van der Waals surface area contributed by atoms with E-state index in [9.17, 15) is 34.8 Å². The Morgan fingerprint density at radius 3 is 2.35 bits per heavy atom. The van der Waals surface area contributed by atoms with Crippen molar-refractivity contribution in [2.24, 2.45) is 23.5 Å². The van der Waals surface area contributed by atoms with Crippen LogP contribution in [-0.4, -0.2) is 86.0 Å².